The SMILES string of the molecule is CCCOc1ccc(N[C@H](C)C(=O)Nc2ccc(OC)cc2)cc1OCCC. The van der Waals surface area contributed by atoms with Gasteiger partial charge in [-0.25, -0.2) is 0 Å². The number of amides is 1. The van der Waals surface area contributed by atoms with Gasteiger partial charge in [-0.3, -0.25) is 4.79 Å². The summed E-state index contributed by atoms with van der Waals surface area (Å²) in [7, 11) is 1.61. The number of ether oxygens (including phenoxy) is 3. The molecule has 2 aromatic carbocycles. The van der Waals surface area contributed by atoms with Gasteiger partial charge in [-0.2, -0.15) is 0 Å². The lowest BCUT2D eigenvalue weighted by Crippen LogP contribution is -2.31. The number of rotatable bonds is 11. The molecule has 0 unspecified atom stereocenters. The first kappa shape index (κ1) is 21.4. The van der Waals surface area contributed by atoms with Crippen LogP contribution in [0.4, 0.5) is 11.4 Å². The first-order chi connectivity index (χ1) is 13.6. The van der Waals surface area contributed by atoms with E-state index in [1.54, 1.807) is 31.4 Å². The lowest BCUT2D eigenvalue weighted by molar-refractivity contribution is -0.116. The molecule has 0 bridgehead atoms. The second-order valence-electron chi connectivity index (χ2n) is 6.44. The van der Waals surface area contributed by atoms with E-state index < -0.39 is 6.04 Å². The minimum Gasteiger partial charge on any atom is -0.497 e. The molecule has 0 heterocycles. The summed E-state index contributed by atoms with van der Waals surface area (Å²) in [6.07, 6.45) is 1.83. The van der Waals surface area contributed by atoms with Gasteiger partial charge in [0.15, 0.2) is 11.5 Å². The first-order valence-corrected chi connectivity index (χ1v) is 9.68. The predicted octanol–water partition coefficient (Wildman–Crippen LogP) is 4.71. The van der Waals surface area contributed by atoms with Crippen LogP contribution in [0.1, 0.15) is 33.6 Å². The number of hydrogen-bond acceptors (Lipinski definition) is 5. The van der Waals surface area contributed by atoms with E-state index in [9.17, 15) is 4.79 Å². The molecular weight excluding hydrogens is 356 g/mol. The Bertz CT molecular complexity index is 747. The molecule has 2 aromatic rings. The summed E-state index contributed by atoms with van der Waals surface area (Å²) in [5.74, 6) is 2.01. The number of nitrogens with one attached hydrogen (secondary N) is 2. The van der Waals surface area contributed by atoms with Crippen molar-refractivity contribution in [3.63, 3.8) is 0 Å². The monoisotopic (exact) mass is 386 g/mol. The van der Waals surface area contributed by atoms with Crippen molar-refractivity contribution in [2.45, 2.75) is 39.7 Å². The van der Waals surface area contributed by atoms with E-state index in [1.807, 2.05) is 25.1 Å². The Labute approximate surface area is 167 Å². The van der Waals surface area contributed by atoms with E-state index in [2.05, 4.69) is 24.5 Å². The number of methoxy groups -OCH3 is 1. The van der Waals surface area contributed by atoms with Crippen LogP contribution in [-0.2, 0) is 4.79 Å². The standard InChI is InChI=1S/C22H30N2O4/c1-5-13-27-20-12-9-18(15-21(20)28-14-6-2)23-16(3)22(25)24-17-7-10-19(26-4)11-8-17/h7-12,15-16,23H,5-6,13-14H2,1-4H3,(H,24,25)/t16-/m1/s1. The highest BCUT2D eigenvalue weighted by atomic mass is 16.5. The minimum atomic E-state index is -0.427. The number of carbonyl (C=O) groups is 1. The molecule has 6 heteroatoms. The molecule has 2 N–H and O–H groups in total. The van der Waals surface area contributed by atoms with Crippen molar-refractivity contribution in [2.75, 3.05) is 31.0 Å². The zero-order valence-corrected chi connectivity index (χ0v) is 17.1. The molecule has 152 valence electrons. The quantitative estimate of drug-likeness (QED) is 0.585. The molecule has 1 atom stereocenters. The third-order valence-electron chi connectivity index (χ3n) is 4.00. The summed E-state index contributed by atoms with van der Waals surface area (Å²) in [6, 6.07) is 12.4. The number of anilines is 2. The third kappa shape index (κ3) is 6.37. The summed E-state index contributed by atoms with van der Waals surface area (Å²) >= 11 is 0. The van der Waals surface area contributed by atoms with Gasteiger partial charge >= 0.3 is 0 Å². The summed E-state index contributed by atoms with van der Waals surface area (Å²) in [4.78, 5) is 12.5. The highest BCUT2D eigenvalue weighted by Crippen LogP contribution is 2.31. The van der Waals surface area contributed by atoms with Crippen LogP contribution < -0.4 is 24.8 Å². The molecule has 6 nitrogen and oxygen atoms in total. The molecule has 2 rings (SSSR count). The average molecular weight is 386 g/mol. The number of benzene rings is 2. The van der Waals surface area contributed by atoms with Gasteiger partial charge in [0.1, 0.15) is 11.8 Å². The van der Waals surface area contributed by atoms with Crippen LogP contribution in [-0.4, -0.2) is 32.3 Å². The summed E-state index contributed by atoms with van der Waals surface area (Å²) in [6.45, 7) is 7.17. The van der Waals surface area contributed by atoms with Crippen molar-refractivity contribution >= 4 is 17.3 Å². The fourth-order valence-corrected chi connectivity index (χ4v) is 2.49. The molecule has 0 aliphatic rings. The molecule has 0 aliphatic heterocycles. The lowest BCUT2D eigenvalue weighted by atomic mass is 10.2. The van der Waals surface area contributed by atoms with Gasteiger partial charge in [-0.05, 0) is 56.2 Å². The van der Waals surface area contributed by atoms with E-state index in [-0.39, 0.29) is 5.91 Å². The van der Waals surface area contributed by atoms with Gasteiger partial charge < -0.3 is 24.8 Å². The van der Waals surface area contributed by atoms with E-state index >= 15 is 0 Å². The Morgan fingerprint density at radius 3 is 2.14 bits per heavy atom. The summed E-state index contributed by atoms with van der Waals surface area (Å²) in [5.41, 5.74) is 1.52. The van der Waals surface area contributed by atoms with Gasteiger partial charge in [0.25, 0.3) is 0 Å². The smallest absolute Gasteiger partial charge is 0.246 e. The molecule has 0 aliphatic carbocycles. The van der Waals surface area contributed by atoms with Crippen molar-refractivity contribution in [3.8, 4) is 17.2 Å². The Kier molecular flexibility index (Phi) is 8.46. The van der Waals surface area contributed by atoms with Crippen LogP contribution in [0.15, 0.2) is 42.5 Å². The molecule has 0 radical (unpaired) electrons. The Morgan fingerprint density at radius 2 is 1.54 bits per heavy atom. The van der Waals surface area contributed by atoms with Crippen LogP contribution in [0.2, 0.25) is 0 Å². The van der Waals surface area contributed by atoms with Gasteiger partial charge in [-0.15, -0.1) is 0 Å². The van der Waals surface area contributed by atoms with Crippen molar-refractivity contribution in [3.05, 3.63) is 42.5 Å². The average Bonchev–Trinajstić information content (AvgIpc) is 2.72. The maximum atomic E-state index is 12.5. The van der Waals surface area contributed by atoms with Crippen LogP contribution in [0.25, 0.3) is 0 Å². The van der Waals surface area contributed by atoms with Gasteiger partial charge in [0.2, 0.25) is 5.91 Å². The molecule has 0 fully saturated rings. The number of carbonyl (C=O) groups excluding carboxylic acids is 1. The van der Waals surface area contributed by atoms with Gasteiger partial charge in [0.05, 0.1) is 20.3 Å². The fraction of sp³-hybridized carbons (Fsp3) is 0.409. The molecule has 0 aromatic heterocycles. The summed E-state index contributed by atoms with van der Waals surface area (Å²) in [5, 5.41) is 6.10. The van der Waals surface area contributed by atoms with Crippen molar-refractivity contribution < 1.29 is 19.0 Å². The topological polar surface area (TPSA) is 68.8 Å². The maximum Gasteiger partial charge on any atom is 0.246 e. The van der Waals surface area contributed by atoms with E-state index in [4.69, 9.17) is 14.2 Å². The van der Waals surface area contributed by atoms with Gasteiger partial charge in [-0.1, -0.05) is 13.8 Å². The molecule has 1 amide bonds. The Hall–Kier alpha value is -2.89. The molecule has 0 saturated heterocycles. The molecular formula is C22H30N2O4. The van der Waals surface area contributed by atoms with E-state index in [0.717, 1.165) is 35.7 Å². The summed E-state index contributed by atoms with van der Waals surface area (Å²) < 4.78 is 16.7. The normalized spacial score (nSPS) is 11.4. The fourth-order valence-electron chi connectivity index (χ4n) is 2.49. The molecule has 0 saturated carbocycles. The molecule has 0 spiro atoms. The van der Waals surface area contributed by atoms with Crippen LogP contribution in [0.5, 0.6) is 17.2 Å². The zero-order chi connectivity index (χ0) is 20.4. The largest absolute Gasteiger partial charge is 0.497 e. The molecule has 28 heavy (non-hydrogen) atoms. The Morgan fingerprint density at radius 1 is 0.929 bits per heavy atom. The second-order valence-corrected chi connectivity index (χ2v) is 6.44. The van der Waals surface area contributed by atoms with Crippen LogP contribution in [0, 0.1) is 0 Å². The zero-order valence-electron chi connectivity index (χ0n) is 17.1. The Balaban J connectivity index is 2.02. The lowest BCUT2D eigenvalue weighted by Gasteiger charge is -2.18. The van der Waals surface area contributed by atoms with Crippen molar-refractivity contribution in [1.29, 1.82) is 0 Å². The predicted molar refractivity (Wildman–Crippen MR) is 113 cm³/mol. The van der Waals surface area contributed by atoms with E-state index in [1.165, 1.54) is 0 Å². The van der Waals surface area contributed by atoms with Crippen LogP contribution >= 0.6 is 0 Å². The second kappa shape index (κ2) is 11.1. The van der Waals surface area contributed by atoms with Crippen LogP contribution in [0.3, 0.4) is 0 Å². The highest BCUT2D eigenvalue weighted by molar-refractivity contribution is 5.96. The van der Waals surface area contributed by atoms with E-state index in [0.29, 0.717) is 19.0 Å². The first-order valence-electron chi connectivity index (χ1n) is 9.68. The van der Waals surface area contributed by atoms with Crippen molar-refractivity contribution in [1.82, 2.24) is 0 Å². The minimum absolute atomic E-state index is 0.132. The maximum absolute atomic E-state index is 12.5. The van der Waals surface area contributed by atoms with Gasteiger partial charge in [0, 0.05) is 17.4 Å². The van der Waals surface area contributed by atoms with Crippen molar-refractivity contribution in [2.24, 2.45) is 0 Å². The highest BCUT2D eigenvalue weighted by Gasteiger charge is 2.14. The number of hydrogen-bond donors (Lipinski definition) is 2. The third-order valence-corrected chi connectivity index (χ3v) is 4.00.